The molecule has 20 heavy (non-hydrogen) atoms. The molecule has 0 aliphatic heterocycles. The highest BCUT2D eigenvalue weighted by Crippen LogP contribution is 2.25. The van der Waals surface area contributed by atoms with E-state index < -0.39 is 5.82 Å². The average molecular weight is 275 g/mol. The fourth-order valence-electron chi connectivity index (χ4n) is 2.08. The predicted molar refractivity (Wildman–Crippen MR) is 77.4 cm³/mol. The standard InChI is InChI=1S/C15H18FN3O/c1-4-13-9(3)14(17-5-2)19-15(18-13)10-6-11(16)8-12(20)7-10/h6-8,20H,4-5H2,1-3H3,(H,17,18,19). The van der Waals surface area contributed by atoms with Crippen LogP contribution in [0.25, 0.3) is 11.4 Å². The van der Waals surface area contributed by atoms with Gasteiger partial charge in [-0.05, 0) is 32.4 Å². The lowest BCUT2D eigenvalue weighted by atomic mass is 10.1. The molecule has 2 rings (SSSR count). The van der Waals surface area contributed by atoms with Crippen molar-refractivity contribution in [3.8, 4) is 17.1 Å². The molecule has 1 aromatic carbocycles. The molecule has 0 aliphatic carbocycles. The zero-order valence-electron chi connectivity index (χ0n) is 11.9. The van der Waals surface area contributed by atoms with Gasteiger partial charge >= 0.3 is 0 Å². The molecule has 2 aromatic rings. The number of phenolic OH excluding ortho intramolecular Hbond substituents is 1. The van der Waals surface area contributed by atoms with E-state index in [4.69, 9.17) is 0 Å². The van der Waals surface area contributed by atoms with Gasteiger partial charge in [0.2, 0.25) is 0 Å². The molecule has 0 atom stereocenters. The number of anilines is 1. The molecule has 0 saturated heterocycles. The summed E-state index contributed by atoms with van der Waals surface area (Å²) in [4.78, 5) is 8.88. The van der Waals surface area contributed by atoms with Crippen LogP contribution in [0, 0.1) is 12.7 Å². The minimum absolute atomic E-state index is 0.132. The highest BCUT2D eigenvalue weighted by atomic mass is 19.1. The maximum Gasteiger partial charge on any atom is 0.162 e. The van der Waals surface area contributed by atoms with E-state index in [2.05, 4.69) is 15.3 Å². The van der Waals surface area contributed by atoms with Crippen molar-refractivity contribution >= 4 is 5.82 Å². The van der Waals surface area contributed by atoms with Gasteiger partial charge < -0.3 is 10.4 Å². The smallest absolute Gasteiger partial charge is 0.162 e. The van der Waals surface area contributed by atoms with Crippen molar-refractivity contribution in [3.63, 3.8) is 0 Å². The molecular formula is C15H18FN3O. The molecule has 4 nitrogen and oxygen atoms in total. The monoisotopic (exact) mass is 275 g/mol. The van der Waals surface area contributed by atoms with Crippen LogP contribution in [0.4, 0.5) is 10.2 Å². The highest BCUT2D eigenvalue weighted by Gasteiger charge is 2.12. The van der Waals surface area contributed by atoms with Gasteiger partial charge in [0, 0.05) is 29.4 Å². The van der Waals surface area contributed by atoms with E-state index >= 15 is 0 Å². The summed E-state index contributed by atoms with van der Waals surface area (Å²) >= 11 is 0. The zero-order chi connectivity index (χ0) is 14.7. The van der Waals surface area contributed by atoms with Gasteiger partial charge in [0.15, 0.2) is 5.82 Å². The van der Waals surface area contributed by atoms with Crippen molar-refractivity contribution in [2.45, 2.75) is 27.2 Å². The second-order valence-corrected chi connectivity index (χ2v) is 4.55. The predicted octanol–water partition coefficient (Wildman–Crippen LogP) is 3.29. The molecule has 1 heterocycles. The Hall–Kier alpha value is -2.17. The van der Waals surface area contributed by atoms with E-state index in [1.54, 1.807) is 0 Å². The third-order valence-corrected chi connectivity index (χ3v) is 3.07. The minimum Gasteiger partial charge on any atom is -0.508 e. The van der Waals surface area contributed by atoms with Crippen LogP contribution in [0.1, 0.15) is 25.1 Å². The summed E-state index contributed by atoms with van der Waals surface area (Å²) in [5, 5.41) is 12.7. The number of aromatic hydroxyl groups is 1. The molecule has 2 N–H and O–H groups in total. The molecule has 5 heteroatoms. The second-order valence-electron chi connectivity index (χ2n) is 4.55. The Morgan fingerprint density at radius 3 is 2.55 bits per heavy atom. The van der Waals surface area contributed by atoms with Gasteiger partial charge in [0.1, 0.15) is 17.4 Å². The molecule has 0 bridgehead atoms. The maximum atomic E-state index is 13.4. The van der Waals surface area contributed by atoms with Crippen LogP contribution in [0.15, 0.2) is 18.2 Å². The Kier molecular flexibility index (Phi) is 4.17. The largest absolute Gasteiger partial charge is 0.508 e. The number of aromatic nitrogens is 2. The lowest BCUT2D eigenvalue weighted by Crippen LogP contribution is -2.07. The normalized spacial score (nSPS) is 10.6. The van der Waals surface area contributed by atoms with Crippen LogP contribution in [0.3, 0.4) is 0 Å². The fourth-order valence-corrected chi connectivity index (χ4v) is 2.08. The first-order valence-electron chi connectivity index (χ1n) is 6.66. The minimum atomic E-state index is -0.507. The number of nitrogens with one attached hydrogen (secondary N) is 1. The van der Waals surface area contributed by atoms with Crippen LogP contribution in [0.2, 0.25) is 0 Å². The van der Waals surface area contributed by atoms with Gasteiger partial charge in [-0.3, -0.25) is 0 Å². The maximum absolute atomic E-state index is 13.4. The summed E-state index contributed by atoms with van der Waals surface area (Å²) in [6.07, 6.45) is 0.765. The summed E-state index contributed by atoms with van der Waals surface area (Å²) in [6, 6.07) is 3.84. The number of halogens is 1. The molecular weight excluding hydrogens is 257 g/mol. The summed E-state index contributed by atoms with van der Waals surface area (Å²) < 4.78 is 13.4. The van der Waals surface area contributed by atoms with Crippen molar-refractivity contribution < 1.29 is 9.50 Å². The highest BCUT2D eigenvalue weighted by molar-refractivity contribution is 5.61. The first-order chi connectivity index (χ1) is 9.55. The molecule has 1 aromatic heterocycles. The summed E-state index contributed by atoms with van der Waals surface area (Å²) in [5.41, 5.74) is 2.38. The zero-order valence-corrected chi connectivity index (χ0v) is 11.9. The first-order valence-corrected chi connectivity index (χ1v) is 6.66. The van der Waals surface area contributed by atoms with Gasteiger partial charge in [0.25, 0.3) is 0 Å². The average Bonchev–Trinajstić information content (AvgIpc) is 2.40. The van der Waals surface area contributed by atoms with Crippen LogP contribution in [-0.4, -0.2) is 21.6 Å². The van der Waals surface area contributed by atoms with E-state index in [0.717, 1.165) is 36.1 Å². The number of rotatable bonds is 4. The second kappa shape index (κ2) is 5.86. The molecule has 0 radical (unpaired) electrons. The molecule has 0 spiro atoms. The summed E-state index contributed by atoms with van der Waals surface area (Å²) in [6.45, 7) is 6.71. The van der Waals surface area contributed by atoms with E-state index in [1.165, 1.54) is 12.1 Å². The SMILES string of the molecule is CCNc1nc(-c2cc(O)cc(F)c2)nc(CC)c1C. The Labute approximate surface area is 117 Å². The molecule has 0 saturated carbocycles. The van der Waals surface area contributed by atoms with Crippen LogP contribution >= 0.6 is 0 Å². The number of nitrogens with zero attached hydrogens (tertiary/aromatic N) is 2. The third-order valence-electron chi connectivity index (χ3n) is 3.07. The summed E-state index contributed by atoms with van der Waals surface area (Å²) in [7, 11) is 0. The topological polar surface area (TPSA) is 58.0 Å². The molecule has 0 fully saturated rings. The molecule has 0 amide bonds. The first kappa shape index (κ1) is 14.2. The van der Waals surface area contributed by atoms with Crippen LogP contribution in [-0.2, 0) is 6.42 Å². The number of benzene rings is 1. The third kappa shape index (κ3) is 2.87. The number of hydrogen-bond acceptors (Lipinski definition) is 4. The quantitative estimate of drug-likeness (QED) is 0.899. The van der Waals surface area contributed by atoms with E-state index in [0.29, 0.717) is 11.4 Å². The molecule has 0 aliphatic rings. The van der Waals surface area contributed by atoms with Crippen molar-refractivity contribution in [2.24, 2.45) is 0 Å². The van der Waals surface area contributed by atoms with Crippen LogP contribution in [0.5, 0.6) is 5.75 Å². The summed E-state index contributed by atoms with van der Waals surface area (Å²) in [5.74, 6) is 0.524. The van der Waals surface area contributed by atoms with Gasteiger partial charge in [-0.25, -0.2) is 14.4 Å². The lowest BCUT2D eigenvalue weighted by molar-refractivity contribution is 0.469. The molecule has 106 valence electrons. The van der Waals surface area contributed by atoms with E-state index in [-0.39, 0.29) is 5.75 Å². The van der Waals surface area contributed by atoms with E-state index in [1.807, 2.05) is 20.8 Å². The number of phenols is 1. The van der Waals surface area contributed by atoms with Gasteiger partial charge in [-0.2, -0.15) is 0 Å². The van der Waals surface area contributed by atoms with E-state index in [9.17, 15) is 9.50 Å². The lowest BCUT2D eigenvalue weighted by Gasteiger charge is -2.12. The van der Waals surface area contributed by atoms with Crippen molar-refractivity contribution in [1.82, 2.24) is 9.97 Å². The number of hydrogen-bond donors (Lipinski definition) is 2. The Morgan fingerprint density at radius 1 is 1.20 bits per heavy atom. The Bertz CT molecular complexity index is 609. The Morgan fingerprint density at radius 2 is 1.95 bits per heavy atom. The van der Waals surface area contributed by atoms with Crippen molar-refractivity contribution in [2.75, 3.05) is 11.9 Å². The number of aryl methyl sites for hydroxylation is 1. The van der Waals surface area contributed by atoms with Gasteiger partial charge in [-0.1, -0.05) is 6.92 Å². The van der Waals surface area contributed by atoms with Gasteiger partial charge in [0.05, 0.1) is 0 Å². The van der Waals surface area contributed by atoms with Crippen LogP contribution < -0.4 is 5.32 Å². The Balaban J connectivity index is 2.58. The van der Waals surface area contributed by atoms with Gasteiger partial charge in [-0.15, -0.1) is 0 Å². The molecule has 0 unspecified atom stereocenters. The van der Waals surface area contributed by atoms with Crippen molar-refractivity contribution in [3.05, 3.63) is 35.3 Å². The van der Waals surface area contributed by atoms with Crippen molar-refractivity contribution in [1.29, 1.82) is 0 Å². The fraction of sp³-hybridized carbons (Fsp3) is 0.333.